The topological polar surface area (TPSA) is 42.2 Å². The molecule has 1 aliphatic heterocycles. The number of nitrogens with zero attached hydrogens (tertiary/aromatic N) is 4. The van der Waals surface area contributed by atoms with E-state index < -0.39 is 0 Å². The van der Waals surface area contributed by atoms with Gasteiger partial charge in [0.15, 0.2) is 11.2 Å². The fraction of sp³-hybridized carbons (Fsp3) is 0.273. The van der Waals surface area contributed by atoms with E-state index >= 15 is 0 Å². The van der Waals surface area contributed by atoms with Gasteiger partial charge in [-0.15, -0.1) is 0 Å². The summed E-state index contributed by atoms with van der Waals surface area (Å²) >= 11 is 0. The number of aromatic nitrogens is 2. The van der Waals surface area contributed by atoms with Gasteiger partial charge < -0.3 is 13.8 Å². The molecule has 0 fully saturated rings. The number of hydrogen-bond donors (Lipinski definition) is 0. The SMILES string of the molecule is C[N+](C)(C)CCCN1C=C/C(=C/c2nc3ncccc3o2)c2ccccc21. The number of hydrogen-bond acceptors (Lipinski definition) is 4. The number of quaternary nitrogens is 1. The highest BCUT2D eigenvalue weighted by molar-refractivity contribution is 5.94. The molecule has 3 aromatic rings. The van der Waals surface area contributed by atoms with Gasteiger partial charge in [0.2, 0.25) is 5.89 Å². The molecule has 0 radical (unpaired) electrons. The van der Waals surface area contributed by atoms with Gasteiger partial charge in [0.1, 0.15) is 0 Å². The summed E-state index contributed by atoms with van der Waals surface area (Å²) in [4.78, 5) is 11.0. The molecular formula is C22H25N4O+. The first kappa shape index (κ1) is 17.5. The van der Waals surface area contributed by atoms with Gasteiger partial charge in [-0.2, -0.15) is 4.98 Å². The average Bonchev–Trinajstić information content (AvgIpc) is 3.05. The van der Waals surface area contributed by atoms with Crippen LogP contribution in [0.3, 0.4) is 0 Å². The molecule has 5 nitrogen and oxygen atoms in total. The van der Waals surface area contributed by atoms with E-state index in [1.807, 2.05) is 18.2 Å². The molecule has 0 bridgehead atoms. The van der Waals surface area contributed by atoms with Crippen LogP contribution in [0.5, 0.6) is 0 Å². The van der Waals surface area contributed by atoms with Crippen molar-refractivity contribution < 1.29 is 8.90 Å². The number of anilines is 1. The predicted octanol–water partition coefficient (Wildman–Crippen LogP) is 4.19. The Kier molecular flexibility index (Phi) is 4.54. The first-order chi connectivity index (χ1) is 13.0. The van der Waals surface area contributed by atoms with Gasteiger partial charge in [-0.1, -0.05) is 18.2 Å². The molecule has 0 amide bonds. The molecule has 27 heavy (non-hydrogen) atoms. The average molecular weight is 361 g/mol. The highest BCUT2D eigenvalue weighted by atomic mass is 16.3. The molecule has 0 aliphatic carbocycles. The molecule has 0 saturated heterocycles. The van der Waals surface area contributed by atoms with Crippen molar-refractivity contribution in [3.63, 3.8) is 0 Å². The van der Waals surface area contributed by atoms with E-state index in [1.165, 1.54) is 11.3 Å². The molecule has 4 rings (SSSR count). The zero-order valence-electron chi connectivity index (χ0n) is 16.1. The predicted molar refractivity (Wildman–Crippen MR) is 110 cm³/mol. The van der Waals surface area contributed by atoms with E-state index in [0.717, 1.165) is 29.6 Å². The normalized spacial score (nSPS) is 15.5. The van der Waals surface area contributed by atoms with Crippen molar-refractivity contribution in [2.75, 3.05) is 39.1 Å². The molecule has 0 atom stereocenters. The Morgan fingerprint density at radius 3 is 2.78 bits per heavy atom. The van der Waals surface area contributed by atoms with Crippen LogP contribution in [-0.4, -0.2) is 48.7 Å². The Labute approximate surface area is 159 Å². The van der Waals surface area contributed by atoms with E-state index in [-0.39, 0.29) is 0 Å². The molecule has 3 heterocycles. The largest absolute Gasteiger partial charge is 0.435 e. The zero-order valence-corrected chi connectivity index (χ0v) is 16.1. The molecule has 138 valence electrons. The van der Waals surface area contributed by atoms with Crippen LogP contribution in [0.25, 0.3) is 22.9 Å². The van der Waals surface area contributed by atoms with Crippen LogP contribution in [0, 0.1) is 0 Å². The Morgan fingerprint density at radius 2 is 1.96 bits per heavy atom. The minimum atomic E-state index is 0.580. The summed E-state index contributed by atoms with van der Waals surface area (Å²) in [6, 6.07) is 12.2. The van der Waals surface area contributed by atoms with Crippen LogP contribution < -0.4 is 4.90 Å². The summed E-state index contributed by atoms with van der Waals surface area (Å²) in [6.45, 7) is 2.15. The number of oxazole rings is 1. The standard InChI is InChI=1S/C22H25N4O/c1-26(2,3)15-7-13-25-14-11-17(18-8-4-5-9-19(18)25)16-21-24-22-20(27-21)10-6-12-23-22/h4-6,8-12,14,16H,7,13,15H2,1-3H3/q+1/b17-16-. The lowest BCUT2D eigenvalue weighted by atomic mass is 9.99. The second-order valence-electron chi connectivity index (χ2n) is 7.87. The van der Waals surface area contributed by atoms with E-state index in [0.29, 0.717) is 17.1 Å². The van der Waals surface area contributed by atoms with Crippen molar-refractivity contribution >= 4 is 28.6 Å². The minimum Gasteiger partial charge on any atom is -0.435 e. The van der Waals surface area contributed by atoms with Gasteiger partial charge >= 0.3 is 0 Å². The fourth-order valence-corrected chi connectivity index (χ4v) is 3.33. The molecule has 1 aliphatic rings. The minimum absolute atomic E-state index is 0.580. The number of rotatable bonds is 5. The van der Waals surface area contributed by atoms with Gasteiger partial charge in [-0.25, -0.2) is 4.98 Å². The van der Waals surface area contributed by atoms with E-state index in [4.69, 9.17) is 4.42 Å². The summed E-state index contributed by atoms with van der Waals surface area (Å²) in [7, 11) is 6.70. The lowest BCUT2D eigenvalue weighted by molar-refractivity contribution is -0.870. The maximum atomic E-state index is 5.82. The Hall–Kier alpha value is -2.92. The third kappa shape index (κ3) is 3.93. The van der Waals surface area contributed by atoms with E-state index in [9.17, 15) is 0 Å². The van der Waals surface area contributed by atoms with Gasteiger partial charge in [0.05, 0.1) is 27.7 Å². The first-order valence-corrected chi connectivity index (χ1v) is 9.28. The summed E-state index contributed by atoms with van der Waals surface area (Å²) in [5.74, 6) is 0.580. The van der Waals surface area contributed by atoms with Crippen molar-refractivity contribution in [2.45, 2.75) is 6.42 Å². The van der Waals surface area contributed by atoms with E-state index in [1.54, 1.807) is 6.20 Å². The second-order valence-corrected chi connectivity index (χ2v) is 7.87. The number of fused-ring (bicyclic) bond motifs is 2. The fourth-order valence-electron chi connectivity index (χ4n) is 3.33. The number of para-hydroxylation sites is 1. The van der Waals surface area contributed by atoms with Crippen LogP contribution in [0.1, 0.15) is 17.9 Å². The van der Waals surface area contributed by atoms with Crippen molar-refractivity contribution in [1.29, 1.82) is 0 Å². The van der Waals surface area contributed by atoms with Crippen molar-refractivity contribution in [1.82, 2.24) is 9.97 Å². The number of benzene rings is 1. The van der Waals surface area contributed by atoms with Gasteiger partial charge in [0.25, 0.3) is 0 Å². The molecular weight excluding hydrogens is 336 g/mol. The lowest BCUT2D eigenvalue weighted by Gasteiger charge is -2.29. The quantitative estimate of drug-likeness (QED) is 0.639. The van der Waals surface area contributed by atoms with Crippen LogP contribution in [0.4, 0.5) is 5.69 Å². The summed E-state index contributed by atoms with van der Waals surface area (Å²) in [5.41, 5.74) is 4.86. The monoisotopic (exact) mass is 361 g/mol. The van der Waals surface area contributed by atoms with E-state index in [2.05, 4.69) is 72.6 Å². The van der Waals surface area contributed by atoms with Gasteiger partial charge in [-0.05, 0) is 29.8 Å². The molecule has 0 unspecified atom stereocenters. The summed E-state index contributed by atoms with van der Waals surface area (Å²) < 4.78 is 6.80. The maximum Gasteiger partial charge on any atom is 0.222 e. The van der Waals surface area contributed by atoms with Crippen LogP contribution in [0.2, 0.25) is 0 Å². The van der Waals surface area contributed by atoms with Gasteiger partial charge in [-0.3, -0.25) is 0 Å². The summed E-state index contributed by atoms with van der Waals surface area (Å²) in [6.07, 6.45) is 9.14. The molecule has 1 aromatic carbocycles. The van der Waals surface area contributed by atoms with Crippen LogP contribution in [-0.2, 0) is 0 Å². The van der Waals surface area contributed by atoms with Crippen LogP contribution in [0.15, 0.2) is 59.3 Å². The highest BCUT2D eigenvalue weighted by Crippen LogP contribution is 2.34. The Morgan fingerprint density at radius 1 is 1.11 bits per heavy atom. The molecule has 0 N–H and O–H groups in total. The lowest BCUT2D eigenvalue weighted by Crippen LogP contribution is -2.37. The van der Waals surface area contributed by atoms with Crippen molar-refractivity contribution in [2.24, 2.45) is 0 Å². The third-order valence-electron chi connectivity index (χ3n) is 4.65. The number of pyridine rings is 1. The molecule has 5 heteroatoms. The Balaban J connectivity index is 1.61. The smallest absolute Gasteiger partial charge is 0.222 e. The zero-order chi connectivity index (χ0) is 18.9. The first-order valence-electron chi connectivity index (χ1n) is 9.28. The third-order valence-corrected chi connectivity index (χ3v) is 4.65. The van der Waals surface area contributed by atoms with Gasteiger partial charge in [0, 0.05) is 42.7 Å². The molecule has 0 saturated carbocycles. The molecule has 2 aromatic heterocycles. The summed E-state index contributed by atoms with van der Waals surface area (Å²) in [5, 5.41) is 0. The molecule has 0 spiro atoms. The maximum absolute atomic E-state index is 5.82. The van der Waals surface area contributed by atoms with Crippen molar-refractivity contribution in [3.8, 4) is 0 Å². The highest BCUT2D eigenvalue weighted by Gasteiger charge is 2.17. The number of allylic oxidation sites excluding steroid dienone is 2. The van der Waals surface area contributed by atoms with Crippen molar-refractivity contribution in [3.05, 3.63) is 66.3 Å². The van der Waals surface area contributed by atoms with Crippen LogP contribution >= 0.6 is 0 Å². The second kappa shape index (κ2) is 7.00. The Bertz CT molecular complexity index is 977.